The standard InChI is InChI=1S/C12H15N3O3/c13-11(15-17)7-18-10-3-1-2-9(6-10)14-12(16)8-4-5-8/h1-3,6,8,17H,4-5,7H2,(H2,13,15)(H,14,16). The van der Waals surface area contributed by atoms with Crippen molar-refractivity contribution in [2.24, 2.45) is 16.8 Å². The van der Waals surface area contributed by atoms with Crippen LogP contribution >= 0.6 is 0 Å². The van der Waals surface area contributed by atoms with Crippen LogP contribution in [0.25, 0.3) is 0 Å². The van der Waals surface area contributed by atoms with E-state index < -0.39 is 0 Å². The molecule has 0 heterocycles. The van der Waals surface area contributed by atoms with Crippen molar-refractivity contribution in [3.63, 3.8) is 0 Å². The van der Waals surface area contributed by atoms with Crippen LogP contribution in [-0.4, -0.2) is 23.6 Å². The molecule has 1 amide bonds. The normalized spacial score (nSPS) is 15.2. The summed E-state index contributed by atoms with van der Waals surface area (Å²) in [5, 5.41) is 14.0. The summed E-state index contributed by atoms with van der Waals surface area (Å²) in [6, 6.07) is 6.99. The Morgan fingerprint density at radius 1 is 1.56 bits per heavy atom. The highest BCUT2D eigenvalue weighted by atomic mass is 16.5. The van der Waals surface area contributed by atoms with E-state index in [0.29, 0.717) is 11.4 Å². The van der Waals surface area contributed by atoms with Gasteiger partial charge in [0.05, 0.1) is 0 Å². The molecule has 4 N–H and O–H groups in total. The number of rotatable bonds is 5. The van der Waals surface area contributed by atoms with Crippen LogP contribution in [0.3, 0.4) is 0 Å². The molecule has 96 valence electrons. The predicted octanol–water partition coefficient (Wildman–Crippen LogP) is 1.16. The van der Waals surface area contributed by atoms with Crippen LogP contribution in [0.1, 0.15) is 12.8 Å². The van der Waals surface area contributed by atoms with E-state index in [9.17, 15) is 4.79 Å². The molecular formula is C12H15N3O3. The van der Waals surface area contributed by atoms with E-state index in [1.807, 2.05) is 0 Å². The third-order valence-corrected chi connectivity index (χ3v) is 2.56. The molecule has 6 nitrogen and oxygen atoms in total. The second kappa shape index (κ2) is 5.39. The maximum atomic E-state index is 11.6. The van der Waals surface area contributed by atoms with E-state index in [1.54, 1.807) is 24.3 Å². The van der Waals surface area contributed by atoms with E-state index in [1.165, 1.54) is 0 Å². The van der Waals surface area contributed by atoms with Gasteiger partial charge < -0.3 is 21.0 Å². The van der Waals surface area contributed by atoms with Crippen LogP contribution < -0.4 is 15.8 Å². The van der Waals surface area contributed by atoms with Crippen LogP contribution in [0.4, 0.5) is 5.69 Å². The molecule has 1 aliphatic carbocycles. The molecule has 0 spiro atoms. The number of oxime groups is 1. The molecular weight excluding hydrogens is 234 g/mol. The zero-order chi connectivity index (χ0) is 13.0. The number of amides is 1. The van der Waals surface area contributed by atoms with Crippen molar-refractivity contribution in [2.75, 3.05) is 11.9 Å². The van der Waals surface area contributed by atoms with Crippen LogP contribution in [0.5, 0.6) is 5.75 Å². The zero-order valence-electron chi connectivity index (χ0n) is 9.80. The van der Waals surface area contributed by atoms with Gasteiger partial charge in [-0.3, -0.25) is 4.79 Å². The maximum Gasteiger partial charge on any atom is 0.227 e. The number of nitrogens with two attached hydrogens (primary N) is 1. The van der Waals surface area contributed by atoms with Crippen molar-refractivity contribution in [1.29, 1.82) is 0 Å². The van der Waals surface area contributed by atoms with Gasteiger partial charge in [0.2, 0.25) is 5.91 Å². The smallest absolute Gasteiger partial charge is 0.227 e. The summed E-state index contributed by atoms with van der Waals surface area (Å²) in [5.41, 5.74) is 5.98. The summed E-state index contributed by atoms with van der Waals surface area (Å²) in [7, 11) is 0. The second-order valence-corrected chi connectivity index (χ2v) is 4.17. The van der Waals surface area contributed by atoms with E-state index in [-0.39, 0.29) is 24.3 Å². The molecule has 0 radical (unpaired) electrons. The largest absolute Gasteiger partial charge is 0.485 e. The Morgan fingerprint density at radius 2 is 2.33 bits per heavy atom. The first-order valence-electron chi connectivity index (χ1n) is 5.69. The summed E-state index contributed by atoms with van der Waals surface area (Å²) < 4.78 is 5.29. The van der Waals surface area contributed by atoms with Crippen molar-refractivity contribution >= 4 is 17.4 Å². The number of amidine groups is 1. The second-order valence-electron chi connectivity index (χ2n) is 4.17. The van der Waals surface area contributed by atoms with Gasteiger partial charge in [0, 0.05) is 17.7 Å². The molecule has 1 aromatic carbocycles. The minimum Gasteiger partial charge on any atom is -0.485 e. The van der Waals surface area contributed by atoms with Crippen LogP contribution in [0.15, 0.2) is 29.4 Å². The number of hydrogen-bond acceptors (Lipinski definition) is 4. The Hall–Kier alpha value is -2.24. The average Bonchev–Trinajstić information content (AvgIpc) is 3.20. The molecule has 0 bridgehead atoms. The molecule has 1 saturated carbocycles. The van der Waals surface area contributed by atoms with Gasteiger partial charge in [0.25, 0.3) is 0 Å². The number of carbonyl (C=O) groups excluding carboxylic acids is 1. The number of ether oxygens (including phenoxy) is 1. The average molecular weight is 249 g/mol. The quantitative estimate of drug-likeness (QED) is 0.316. The Kier molecular flexibility index (Phi) is 3.66. The Labute approximate surface area is 104 Å². The first-order valence-corrected chi connectivity index (χ1v) is 5.69. The van der Waals surface area contributed by atoms with Crippen LogP contribution in [0, 0.1) is 5.92 Å². The van der Waals surface area contributed by atoms with Gasteiger partial charge in [-0.25, -0.2) is 0 Å². The SMILES string of the molecule is N/C(COc1cccc(NC(=O)C2CC2)c1)=N\O. The lowest BCUT2D eigenvalue weighted by Gasteiger charge is -2.08. The number of benzene rings is 1. The van der Waals surface area contributed by atoms with Gasteiger partial charge in [-0.2, -0.15) is 0 Å². The summed E-state index contributed by atoms with van der Waals surface area (Å²) in [4.78, 5) is 11.6. The maximum absolute atomic E-state index is 11.6. The summed E-state index contributed by atoms with van der Waals surface area (Å²) in [6.45, 7) is -0.00345. The van der Waals surface area contributed by atoms with Crippen LogP contribution in [0.2, 0.25) is 0 Å². The minimum absolute atomic E-state index is 0.00345. The lowest BCUT2D eigenvalue weighted by Crippen LogP contribution is -2.20. The van der Waals surface area contributed by atoms with Gasteiger partial charge in [0.1, 0.15) is 12.4 Å². The van der Waals surface area contributed by atoms with Crippen LogP contribution in [-0.2, 0) is 4.79 Å². The molecule has 0 aliphatic heterocycles. The Balaban J connectivity index is 1.93. The fourth-order valence-corrected chi connectivity index (χ4v) is 1.44. The molecule has 0 saturated heterocycles. The zero-order valence-corrected chi connectivity index (χ0v) is 9.80. The monoisotopic (exact) mass is 249 g/mol. The molecule has 18 heavy (non-hydrogen) atoms. The van der Waals surface area contributed by atoms with E-state index in [4.69, 9.17) is 15.7 Å². The highest BCUT2D eigenvalue weighted by Crippen LogP contribution is 2.30. The number of anilines is 1. The lowest BCUT2D eigenvalue weighted by molar-refractivity contribution is -0.117. The van der Waals surface area contributed by atoms with Gasteiger partial charge in [-0.15, -0.1) is 0 Å². The van der Waals surface area contributed by atoms with Gasteiger partial charge in [-0.05, 0) is 25.0 Å². The summed E-state index contributed by atoms with van der Waals surface area (Å²) >= 11 is 0. The van der Waals surface area contributed by atoms with Crippen molar-refractivity contribution < 1.29 is 14.7 Å². The fourth-order valence-electron chi connectivity index (χ4n) is 1.44. The van der Waals surface area contributed by atoms with E-state index >= 15 is 0 Å². The van der Waals surface area contributed by atoms with Crippen molar-refractivity contribution in [2.45, 2.75) is 12.8 Å². The van der Waals surface area contributed by atoms with Gasteiger partial charge >= 0.3 is 0 Å². The molecule has 1 fully saturated rings. The molecule has 0 aromatic heterocycles. The minimum atomic E-state index is -0.0116. The third kappa shape index (κ3) is 3.38. The van der Waals surface area contributed by atoms with E-state index in [2.05, 4.69) is 10.5 Å². The number of carbonyl (C=O) groups is 1. The molecule has 2 rings (SSSR count). The van der Waals surface area contributed by atoms with Crippen molar-refractivity contribution in [1.82, 2.24) is 0 Å². The van der Waals surface area contributed by atoms with Gasteiger partial charge in [-0.1, -0.05) is 11.2 Å². The molecule has 1 aromatic rings. The fraction of sp³-hybridized carbons (Fsp3) is 0.333. The summed E-state index contributed by atoms with van der Waals surface area (Å²) in [6.07, 6.45) is 1.93. The lowest BCUT2D eigenvalue weighted by atomic mass is 10.3. The van der Waals surface area contributed by atoms with Crippen molar-refractivity contribution in [3.8, 4) is 5.75 Å². The van der Waals surface area contributed by atoms with Crippen molar-refractivity contribution in [3.05, 3.63) is 24.3 Å². The van der Waals surface area contributed by atoms with Gasteiger partial charge in [0.15, 0.2) is 5.84 Å². The molecule has 1 aliphatic rings. The first-order chi connectivity index (χ1) is 8.69. The topological polar surface area (TPSA) is 96.9 Å². The van der Waals surface area contributed by atoms with E-state index in [0.717, 1.165) is 12.8 Å². The Morgan fingerprint density at radius 3 is 3.00 bits per heavy atom. The molecule has 0 unspecified atom stereocenters. The third-order valence-electron chi connectivity index (χ3n) is 2.56. The highest BCUT2D eigenvalue weighted by molar-refractivity contribution is 5.94. The number of hydrogen-bond donors (Lipinski definition) is 3. The molecule has 0 atom stereocenters. The highest BCUT2D eigenvalue weighted by Gasteiger charge is 2.29. The first kappa shape index (κ1) is 12.2. The predicted molar refractivity (Wildman–Crippen MR) is 66.7 cm³/mol. The number of nitrogens with one attached hydrogen (secondary N) is 1. The Bertz CT molecular complexity index is 469. The molecule has 6 heteroatoms. The number of nitrogens with zero attached hydrogens (tertiary/aromatic N) is 1. The summed E-state index contributed by atoms with van der Waals surface area (Å²) in [5.74, 6) is 0.743.